The van der Waals surface area contributed by atoms with Crippen LogP contribution >= 0.6 is 11.6 Å². The summed E-state index contributed by atoms with van der Waals surface area (Å²) >= 11 is 5.79. The standard InChI is InChI=1S/C15H14ClNO2/c1-10-2-4-11(5-3-10)14(15(18)19)17-13-8-6-12(16)7-9-13/h2-9,14,17H,1H3,(H,18,19)/p-1/t14-/m0/s1. The third kappa shape index (κ3) is 3.48. The van der Waals surface area contributed by atoms with Gasteiger partial charge in [-0.2, -0.15) is 0 Å². The zero-order valence-corrected chi connectivity index (χ0v) is 11.1. The van der Waals surface area contributed by atoms with Crippen LogP contribution in [0.15, 0.2) is 48.5 Å². The van der Waals surface area contributed by atoms with E-state index in [1.807, 2.05) is 19.1 Å². The summed E-state index contributed by atoms with van der Waals surface area (Å²) in [6.45, 7) is 1.95. The number of hydrogen-bond donors (Lipinski definition) is 1. The molecule has 1 atom stereocenters. The smallest absolute Gasteiger partial charge is 0.0912 e. The van der Waals surface area contributed by atoms with Crippen LogP contribution in [0.25, 0.3) is 0 Å². The van der Waals surface area contributed by atoms with E-state index in [-0.39, 0.29) is 0 Å². The number of halogens is 1. The van der Waals surface area contributed by atoms with Crippen molar-refractivity contribution < 1.29 is 9.90 Å². The second-order valence-corrected chi connectivity index (χ2v) is 4.75. The number of carbonyl (C=O) groups is 1. The number of carboxylic acids is 1. The fraction of sp³-hybridized carbons (Fsp3) is 0.133. The summed E-state index contributed by atoms with van der Waals surface area (Å²) in [5.41, 5.74) is 2.41. The molecule has 4 heteroatoms. The lowest BCUT2D eigenvalue weighted by Gasteiger charge is -2.21. The van der Waals surface area contributed by atoms with E-state index in [0.29, 0.717) is 16.3 Å². The Morgan fingerprint density at radius 3 is 2.21 bits per heavy atom. The van der Waals surface area contributed by atoms with Crippen LogP contribution in [-0.4, -0.2) is 5.97 Å². The molecule has 0 aliphatic heterocycles. The Kier molecular flexibility index (Phi) is 4.07. The Labute approximate surface area is 116 Å². The molecule has 98 valence electrons. The summed E-state index contributed by atoms with van der Waals surface area (Å²) in [5, 5.41) is 14.8. The normalized spacial score (nSPS) is 11.9. The molecule has 0 fully saturated rings. The van der Waals surface area contributed by atoms with Crippen LogP contribution in [0.2, 0.25) is 5.02 Å². The van der Waals surface area contributed by atoms with E-state index >= 15 is 0 Å². The molecule has 3 nitrogen and oxygen atoms in total. The van der Waals surface area contributed by atoms with E-state index < -0.39 is 12.0 Å². The number of nitrogens with one attached hydrogen (secondary N) is 1. The molecule has 2 aromatic carbocycles. The van der Waals surface area contributed by atoms with Crippen molar-refractivity contribution in [2.45, 2.75) is 13.0 Å². The molecule has 19 heavy (non-hydrogen) atoms. The zero-order chi connectivity index (χ0) is 13.8. The molecular formula is C15H13ClNO2-. The van der Waals surface area contributed by atoms with E-state index in [0.717, 1.165) is 5.56 Å². The first-order chi connectivity index (χ1) is 9.06. The summed E-state index contributed by atoms with van der Waals surface area (Å²) in [6, 6.07) is 13.3. The van der Waals surface area contributed by atoms with Crippen molar-refractivity contribution in [3.63, 3.8) is 0 Å². The highest BCUT2D eigenvalue weighted by Gasteiger charge is 2.12. The van der Waals surface area contributed by atoms with Gasteiger partial charge in [0.2, 0.25) is 0 Å². The molecule has 0 radical (unpaired) electrons. The van der Waals surface area contributed by atoms with Gasteiger partial charge >= 0.3 is 0 Å². The minimum Gasteiger partial charge on any atom is -0.548 e. The van der Waals surface area contributed by atoms with E-state index in [9.17, 15) is 9.90 Å². The van der Waals surface area contributed by atoms with Crippen LogP contribution in [0.5, 0.6) is 0 Å². The van der Waals surface area contributed by atoms with Crippen molar-refractivity contribution in [3.05, 3.63) is 64.7 Å². The highest BCUT2D eigenvalue weighted by Crippen LogP contribution is 2.21. The predicted molar refractivity (Wildman–Crippen MR) is 74.0 cm³/mol. The molecule has 2 aromatic rings. The van der Waals surface area contributed by atoms with Crippen LogP contribution in [0.4, 0.5) is 5.69 Å². The molecule has 0 bridgehead atoms. The largest absolute Gasteiger partial charge is 0.548 e. The molecule has 0 amide bonds. The van der Waals surface area contributed by atoms with Crippen LogP contribution in [0.1, 0.15) is 17.2 Å². The first kappa shape index (κ1) is 13.4. The highest BCUT2D eigenvalue weighted by atomic mass is 35.5. The van der Waals surface area contributed by atoms with Crippen LogP contribution in [-0.2, 0) is 4.79 Å². The van der Waals surface area contributed by atoms with E-state index in [4.69, 9.17) is 11.6 Å². The third-order valence-corrected chi connectivity index (χ3v) is 3.05. The fourth-order valence-corrected chi connectivity index (χ4v) is 1.88. The zero-order valence-electron chi connectivity index (χ0n) is 10.4. The van der Waals surface area contributed by atoms with Crippen LogP contribution in [0, 0.1) is 6.92 Å². The summed E-state index contributed by atoms with van der Waals surface area (Å²) < 4.78 is 0. The number of carboxylic acid groups (broad SMARTS) is 1. The van der Waals surface area contributed by atoms with Gasteiger partial charge in [-0.05, 0) is 36.8 Å². The molecule has 0 unspecified atom stereocenters. The average Bonchev–Trinajstić information content (AvgIpc) is 2.39. The van der Waals surface area contributed by atoms with Crippen molar-refractivity contribution >= 4 is 23.3 Å². The number of aliphatic carboxylic acids is 1. The van der Waals surface area contributed by atoms with Gasteiger partial charge in [0.25, 0.3) is 0 Å². The number of benzene rings is 2. The van der Waals surface area contributed by atoms with Gasteiger partial charge in [-0.1, -0.05) is 41.4 Å². The lowest BCUT2D eigenvalue weighted by molar-refractivity contribution is -0.307. The van der Waals surface area contributed by atoms with Gasteiger partial charge in [0.15, 0.2) is 0 Å². The maximum absolute atomic E-state index is 11.3. The Morgan fingerprint density at radius 1 is 1.11 bits per heavy atom. The van der Waals surface area contributed by atoms with Crippen molar-refractivity contribution in [2.75, 3.05) is 5.32 Å². The maximum Gasteiger partial charge on any atom is 0.0912 e. The van der Waals surface area contributed by atoms with E-state index in [1.165, 1.54) is 0 Å². The molecule has 0 aromatic heterocycles. The molecule has 0 saturated carbocycles. The number of hydrogen-bond acceptors (Lipinski definition) is 3. The minimum absolute atomic E-state index is 0.603. The maximum atomic E-state index is 11.3. The van der Waals surface area contributed by atoms with E-state index in [1.54, 1.807) is 36.4 Å². The van der Waals surface area contributed by atoms with Crippen molar-refractivity contribution in [1.29, 1.82) is 0 Å². The van der Waals surface area contributed by atoms with Gasteiger partial charge in [0.05, 0.1) is 12.0 Å². The van der Waals surface area contributed by atoms with Gasteiger partial charge in [-0.25, -0.2) is 0 Å². The van der Waals surface area contributed by atoms with Crippen molar-refractivity contribution in [2.24, 2.45) is 0 Å². The molecule has 0 aliphatic carbocycles. The highest BCUT2D eigenvalue weighted by molar-refractivity contribution is 6.30. The number of carbonyl (C=O) groups excluding carboxylic acids is 1. The van der Waals surface area contributed by atoms with Crippen molar-refractivity contribution in [1.82, 2.24) is 0 Å². The lowest BCUT2D eigenvalue weighted by atomic mass is 10.0. The number of rotatable bonds is 4. The summed E-state index contributed by atoms with van der Waals surface area (Å²) in [6.07, 6.45) is 0. The SMILES string of the molecule is Cc1ccc([C@H](Nc2ccc(Cl)cc2)C(=O)[O-])cc1. The molecule has 0 spiro atoms. The van der Waals surface area contributed by atoms with Gasteiger partial charge in [0, 0.05) is 10.7 Å². The topological polar surface area (TPSA) is 52.2 Å². The van der Waals surface area contributed by atoms with Gasteiger partial charge in [0.1, 0.15) is 0 Å². The monoisotopic (exact) mass is 274 g/mol. The second kappa shape index (κ2) is 5.76. The van der Waals surface area contributed by atoms with Crippen molar-refractivity contribution in [3.8, 4) is 0 Å². The first-order valence-corrected chi connectivity index (χ1v) is 6.23. The van der Waals surface area contributed by atoms with Gasteiger partial charge < -0.3 is 15.2 Å². The molecule has 2 rings (SSSR count). The fourth-order valence-electron chi connectivity index (χ4n) is 1.75. The molecule has 0 aliphatic rings. The molecule has 1 N–H and O–H groups in total. The Morgan fingerprint density at radius 2 is 1.68 bits per heavy atom. The number of aryl methyl sites for hydroxylation is 1. The molecule has 0 heterocycles. The molecular weight excluding hydrogens is 262 g/mol. The second-order valence-electron chi connectivity index (χ2n) is 4.31. The Hall–Kier alpha value is -2.00. The number of anilines is 1. The Balaban J connectivity index is 2.23. The van der Waals surface area contributed by atoms with Crippen LogP contribution in [0.3, 0.4) is 0 Å². The first-order valence-electron chi connectivity index (χ1n) is 5.86. The summed E-state index contributed by atoms with van der Waals surface area (Å²) in [4.78, 5) is 11.3. The van der Waals surface area contributed by atoms with Gasteiger partial charge in [-0.15, -0.1) is 0 Å². The average molecular weight is 275 g/mol. The Bertz CT molecular complexity index is 564. The lowest BCUT2D eigenvalue weighted by Crippen LogP contribution is -2.34. The quantitative estimate of drug-likeness (QED) is 0.932. The summed E-state index contributed by atoms with van der Waals surface area (Å²) in [7, 11) is 0. The van der Waals surface area contributed by atoms with Gasteiger partial charge in [-0.3, -0.25) is 0 Å². The van der Waals surface area contributed by atoms with Crippen LogP contribution < -0.4 is 10.4 Å². The van der Waals surface area contributed by atoms with E-state index in [2.05, 4.69) is 5.32 Å². The third-order valence-electron chi connectivity index (χ3n) is 2.80. The predicted octanol–water partition coefficient (Wildman–Crippen LogP) is 2.55. The minimum atomic E-state index is -1.17. The molecule has 0 saturated heterocycles. The summed E-state index contributed by atoms with van der Waals surface area (Å²) in [5.74, 6) is -1.17.